The Morgan fingerprint density at radius 3 is 2.36 bits per heavy atom. The summed E-state index contributed by atoms with van der Waals surface area (Å²) in [6.45, 7) is 4.33. The average Bonchev–Trinajstić information content (AvgIpc) is 3.24. The van der Waals surface area contributed by atoms with Crippen LogP contribution in [-0.4, -0.2) is 40.1 Å². The van der Waals surface area contributed by atoms with Crippen LogP contribution in [0.5, 0.6) is 5.75 Å². The number of rotatable bonds is 6. The summed E-state index contributed by atoms with van der Waals surface area (Å²) in [7, 11) is -2.26. The van der Waals surface area contributed by atoms with E-state index in [0.717, 1.165) is 0 Å². The van der Waals surface area contributed by atoms with E-state index >= 15 is 0 Å². The van der Waals surface area contributed by atoms with Crippen molar-refractivity contribution >= 4 is 15.7 Å². The summed E-state index contributed by atoms with van der Waals surface area (Å²) in [6, 6.07) is 6.16. The normalized spacial score (nSPS) is 11.5. The zero-order valence-corrected chi connectivity index (χ0v) is 14.9. The highest BCUT2D eigenvalue weighted by Crippen LogP contribution is 2.27. The van der Waals surface area contributed by atoms with Crippen LogP contribution in [0.15, 0.2) is 41.8 Å². The number of hydrogen-bond donors (Lipinski definition) is 1. The van der Waals surface area contributed by atoms with E-state index in [1.165, 1.54) is 31.9 Å². The van der Waals surface area contributed by atoms with Crippen LogP contribution in [0.1, 0.15) is 12.6 Å². The highest BCUT2D eigenvalue weighted by molar-refractivity contribution is 7.92. The molecule has 0 saturated carbocycles. The van der Waals surface area contributed by atoms with Crippen molar-refractivity contribution in [1.82, 2.24) is 24.5 Å². The van der Waals surface area contributed by atoms with Crippen LogP contribution in [-0.2, 0) is 16.6 Å². The maximum Gasteiger partial charge on any atom is 0.262 e. The smallest absolute Gasteiger partial charge is 0.262 e. The molecule has 0 atom stereocenters. The zero-order chi connectivity index (χ0) is 18.0. The molecule has 0 aliphatic carbocycles. The first-order valence-corrected chi connectivity index (χ1v) is 9.04. The lowest BCUT2D eigenvalue weighted by Crippen LogP contribution is -2.14. The molecule has 0 bridgehead atoms. The second-order valence-electron chi connectivity index (χ2n) is 5.25. The molecule has 3 aromatic rings. The van der Waals surface area contributed by atoms with Gasteiger partial charge in [0, 0.05) is 6.54 Å². The van der Waals surface area contributed by atoms with Crippen molar-refractivity contribution in [1.29, 1.82) is 0 Å². The second-order valence-corrected chi connectivity index (χ2v) is 6.93. The number of ether oxygens (including phenoxy) is 1. The molecule has 2 aromatic heterocycles. The van der Waals surface area contributed by atoms with Crippen LogP contribution >= 0.6 is 0 Å². The molecule has 9 nitrogen and oxygen atoms in total. The average molecular weight is 362 g/mol. The molecule has 10 heteroatoms. The molecule has 0 radical (unpaired) electrons. The van der Waals surface area contributed by atoms with Crippen LogP contribution in [0.3, 0.4) is 0 Å². The molecular formula is C15H18N6O3S. The molecule has 0 spiro atoms. The van der Waals surface area contributed by atoms with Gasteiger partial charge in [0.1, 0.15) is 24.1 Å². The molecule has 132 valence electrons. The quantitative estimate of drug-likeness (QED) is 0.714. The Labute approximate surface area is 145 Å². The van der Waals surface area contributed by atoms with Crippen molar-refractivity contribution in [3.63, 3.8) is 0 Å². The lowest BCUT2D eigenvalue weighted by molar-refractivity contribution is 0.414. The van der Waals surface area contributed by atoms with Gasteiger partial charge in [-0.2, -0.15) is 5.10 Å². The molecular weight excluding hydrogens is 344 g/mol. The predicted molar refractivity (Wildman–Crippen MR) is 91.4 cm³/mol. The molecule has 0 aliphatic heterocycles. The largest absolute Gasteiger partial charge is 0.497 e. The predicted octanol–water partition coefficient (Wildman–Crippen LogP) is 1.60. The van der Waals surface area contributed by atoms with E-state index in [4.69, 9.17) is 4.74 Å². The third kappa shape index (κ3) is 3.20. The number of aryl methyl sites for hydroxylation is 1. The first kappa shape index (κ1) is 17.0. The molecule has 25 heavy (non-hydrogen) atoms. The van der Waals surface area contributed by atoms with Gasteiger partial charge in [-0.15, -0.1) is 10.2 Å². The molecule has 3 rings (SSSR count). The minimum Gasteiger partial charge on any atom is -0.497 e. The third-order valence-corrected chi connectivity index (χ3v) is 5.12. The lowest BCUT2D eigenvalue weighted by Gasteiger charge is -2.10. The van der Waals surface area contributed by atoms with Gasteiger partial charge < -0.3 is 4.74 Å². The Morgan fingerprint density at radius 1 is 1.16 bits per heavy atom. The van der Waals surface area contributed by atoms with Gasteiger partial charge >= 0.3 is 0 Å². The van der Waals surface area contributed by atoms with E-state index < -0.39 is 10.0 Å². The van der Waals surface area contributed by atoms with Crippen LogP contribution < -0.4 is 9.46 Å². The Morgan fingerprint density at radius 2 is 1.80 bits per heavy atom. The molecule has 1 N–H and O–H groups in total. The van der Waals surface area contributed by atoms with Gasteiger partial charge in [-0.1, -0.05) is 0 Å². The molecule has 2 heterocycles. The number of anilines is 1. The highest BCUT2D eigenvalue weighted by atomic mass is 32.2. The van der Waals surface area contributed by atoms with Gasteiger partial charge in [0.15, 0.2) is 5.82 Å². The Balaban J connectivity index is 2.02. The molecule has 0 amide bonds. The van der Waals surface area contributed by atoms with Crippen molar-refractivity contribution in [2.24, 2.45) is 0 Å². The van der Waals surface area contributed by atoms with Gasteiger partial charge in [0.25, 0.3) is 10.0 Å². The maximum absolute atomic E-state index is 12.7. The van der Waals surface area contributed by atoms with Gasteiger partial charge in [0.2, 0.25) is 0 Å². The summed E-state index contributed by atoms with van der Waals surface area (Å²) in [5.41, 5.74) is 1.08. The summed E-state index contributed by atoms with van der Waals surface area (Å²) >= 11 is 0. The van der Waals surface area contributed by atoms with Gasteiger partial charge in [0.05, 0.1) is 17.7 Å². The Hall–Kier alpha value is -2.88. The van der Waals surface area contributed by atoms with Crippen LogP contribution in [0.25, 0.3) is 5.82 Å². The molecule has 0 saturated heterocycles. The number of benzene rings is 1. The van der Waals surface area contributed by atoms with Crippen LogP contribution in [0.4, 0.5) is 5.69 Å². The van der Waals surface area contributed by atoms with Crippen molar-refractivity contribution in [3.8, 4) is 11.6 Å². The van der Waals surface area contributed by atoms with E-state index in [0.29, 0.717) is 29.5 Å². The van der Waals surface area contributed by atoms with E-state index in [1.54, 1.807) is 28.3 Å². The third-order valence-electron chi connectivity index (χ3n) is 3.76. The Kier molecular flexibility index (Phi) is 4.45. The minimum atomic E-state index is -3.78. The highest BCUT2D eigenvalue weighted by Gasteiger charge is 2.22. The van der Waals surface area contributed by atoms with Crippen molar-refractivity contribution in [2.75, 3.05) is 11.8 Å². The molecule has 0 aliphatic rings. The van der Waals surface area contributed by atoms with Gasteiger partial charge in [-0.3, -0.25) is 14.0 Å². The second kappa shape index (κ2) is 6.55. The maximum atomic E-state index is 12.7. The van der Waals surface area contributed by atoms with E-state index in [-0.39, 0.29) is 4.90 Å². The van der Waals surface area contributed by atoms with E-state index in [1.807, 2.05) is 6.92 Å². The fraction of sp³-hybridized carbons (Fsp3) is 0.267. The topological polar surface area (TPSA) is 104 Å². The zero-order valence-electron chi connectivity index (χ0n) is 14.0. The van der Waals surface area contributed by atoms with Crippen molar-refractivity contribution < 1.29 is 13.2 Å². The van der Waals surface area contributed by atoms with Gasteiger partial charge in [-0.25, -0.2) is 8.42 Å². The summed E-state index contributed by atoms with van der Waals surface area (Å²) in [5.74, 6) is 1.00. The summed E-state index contributed by atoms with van der Waals surface area (Å²) in [5, 5.41) is 11.9. The van der Waals surface area contributed by atoms with Crippen molar-refractivity contribution in [3.05, 3.63) is 42.6 Å². The molecule has 0 unspecified atom stereocenters. The molecule has 0 fully saturated rings. The molecule has 1 aromatic carbocycles. The van der Waals surface area contributed by atoms with Crippen molar-refractivity contribution in [2.45, 2.75) is 25.3 Å². The Bertz CT molecular complexity index is 962. The summed E-state index contributed by atoms with van der Waals surface area (Å²) in [4.78, 5) is 0.131. The monoisotopic (exact) mass is 362 g/mol. The van der Waals surface area contributed by atoms with Crippen LogP contribution in [0.2, 0.25) is 0 Å². The number of methoxy groups -OCH3 is 1. The van der Waals surface area contributed by atoms with Crippen LogP contribution in [0, 0.1) is 6.92 Å². The minimum absolute atomic E-state index is 0.131. The first-order chi connectivity index (χ1) is 12.0. The van der Waals surface area contributed by atoms with E-state index in [2.05, 4.69) is 20.0 Å². The SMILES string of the molecule is CCn1nc(-n2cnnc2)c(NS(=O)(=O)c2ccc(OC)cc2)c1C. The lowest BCUT2D eigenvalue weighted by atomic mass is 10.3. The summed E-state index contributed by atoms with van der Waals surface area (Å²) < 4.78 is 36.4. The standard InChI is InChI=1S/C15H18N6O3S/c1-4-21-11(2)14(15(18-21)20-9-16-17-10-20)19-25(22,23)13-7-5-12(24-3)6-8-13/h5-10,19H,4H2,1-3H3. The number of nitrogens with one attached hydrogen (secondary N) is 1. The number of sulfonamides is 1. The number of nitrogens with zero attached hydrogens (tertiary/aromatic N) is 5. The first-order valence-electron chi connectivity index (χ1n) is 7.55. The fourth-order valence-electron chi connectivity index (χ4n) is 2.40. The fourth-order valence-corrected chi connectivity index (χ4v) is 3.52. The summed E-state index contributed by atoms with van der Waals surface area (Å²) in [6.07, 6.45) is 2.93. The number of hydrogen-bond acceptors (Lipinski definition) is 6. The van der Waals surface area contributed by atoms with Gasteiger partial charge in [-0.05, 0) is 38.1 Å². The number of aromatic nitrogens is 5. The van der Waals surface area contributed by atoms with E-state index in [9.17, 15) is 8.42 Å².